The molecule has 86 valence electrons. The third kappa shape index (κ3) is 2.42. The minimum Gasteiger partial charge on any atom is -0.322 e. The fraction of sp³-hybridized carbons (Fsp3) is 0.200. The van der Waals surface area contributed by atoms with Gasteiger partial charge in [0.25, 0.3) is 0 Å². The Bertz CT molecular complexity index is 597. The lowest BCUT2D eigenvalue weighted by Gasteiger charge is -2.06. The summed E-state index contributed by atoms with van der Waals surface area (Å²) in [5, 5.41) is 18.7. The van der Waals surface area contributed by atoms with E-state index < -0.39 is 0 Å². The molecule has 0 saturated heterocycles. The molecule has 0 aliphatic rings. The number of halogens is 1. The van der Waals surface area contributed by atoms with Crippen molar-refractivity contribution in [1.82, 2.24) is 20.2 Å². The summed E-state index contributed by atoms with van der Waals surface area (Å²) in [7, 11) is 0. The Morgan fingerprint density at radius 1 is 1.41 bits per heavy atom. The maximum absolute atomic E-state index is 8.81. The Kier molecular flexibility index (Phi) is 3.06. The van der Waals surface area contributed by atoms with Crippen molar-refractivity contribution in [2.45, 2.75) is 13.8 Å². The van der Waals surface area contributed by atoms with Gasteiger partial charge in [0.1, 0.15) is 10.7 Å². The highest BCUT2D eigenvalue weighted by molar-refractivity contribution is 9.10. The summed E-state index contributed by atoms with van der Waals surface area (Å²) in [5.74, 6) is 1.24. The van der Waals surface area contributed by atoms with Crippen molar-refractivity contribution in [2.24, 2.45) is 0 Å². The first-order valence-electron chi connectivity index (χ1n) is 4.83. The average molecular weight is 293 g/mol. The maximum Gasteiger partial charge on any atom is 0.173 e. The predicted molar refractivity (Wildman–Crippen MR) is 65.8 cm³/mol. The largest absolute Gasteiger partial charge is 0.322 e. The summed E-state index contributed by atoms with van der Waals surface area (Å²) in [4.78, 5) is 8.34. The highest BCUT2D eigenvalue weighted by Crippen LogP contribution is 2.20. The molecule has 2 N–H and O–H groups in total. The molecule has 0 bridgehead atoms. The number of anilines is 2. The summed E-state index contributed by atoms with van der Waals surface area (Å²) in [5.41, 5.74) is 1.86. The van der Waals surface area contributed by atoms with Gasteiger partial charge in [-0.2, -0.15) is 10.4 Å². The average Bonchev–Trinajstić information content (AvgIpc) is 2.69. The molecule has 0 unspecified atom stereocenters. The van der Waals surface area contributed by atoms with Crippen LogP contribution in [0.3, 0.4) is 0 Å². The van der Waals surface area contributed by atoms with E-state index in [0.717, 1.165) is 5.69 Å². The smallest absolute Gasteiger partial charge is 0.173 e. The molecule has 2 aromatic rings. The molecule has 0 saturated carbocycles. The van der Waals surface area contributed by atoms with Crippen molar-refractivity contribution in [3.8, 4) is 6.07 Å². The quantitative estimate of drug-likeness (QED) is 0.885. The minimum atomic E-state index is 0.270. The van der Waals surface area contributed by atoms with Gasteiger partial charge in [0.15, 0.2) is 17.3 Å². The van der Waals surface area contributed by atoms with Gasteiger partial charge in [-0.25, -0.2) is 9.97 Å². The number of H-pyrrole nitrogens is 1. The van der Waals surface area contributed by atoms with Gasteiger partial charge in [-0.1, -0.05) is 0 Å². The molecular formula is C10H9BrN6. The SMILES string of the molecule is Cc1cc(Nc2nc(Br)c(C#N)nc2C)n[nH]1. The summed E-state index contributed by atoms with van der Waals surface area (Å²) < 4.78 is 0.417. The standard InChI is InChI=1S/C10H9BrN6/c1-5-3-8(17-16-5)14-10-6(2)13-7(4-12)9(11)15-10/h3H,1-2H3,(H2,14,15,16,17). The Balaban J connectivity index is 2.34. The third-order valence-electron chi connectivity index (χ3n) is 2.09. The Hall–Kier alpha value is -1.94. The lowest BCUT2D eigenvalue weighted by Crippen LogP contribution is -2.02. The van der Waals surface area contributed by atoms with Gasteiger partial charge in [-0.15, -0.1) is 0 Å². The number of rotatable bonds is 2. The van der Waals surface area contributed by atoms with Gasteiger partial charge < -0.3 is 5.32 Å². The monoisotopic (exact) mass is 292 g/mol. The van der Waals surface area contributed by atoms with E-state index in [0.29, 0.717) is 21.9 Å². The van der Waals surface area contributed by atoms with Gasteiger partial charge in [0, 0.05) is 11.8 Å². The van der Waals surface area contributed by atoms with Crippen molar-refractivity contribution in [2.75, 3.05) is 5.32 Å². The van der Waals surface area contributed by atoms with Gasteiger partial charge >= 0.3 is 0 Å². The Labute approximate surface area is 106 Å². The predicted octanol–water partition coefficient (Wildman–Crippen LogP) is 2.19. The first-order valence-corrected chi connectivity index (χ1v) is 5.62. The van der Waals surface area contributed by atoms with Gasteiger partial charge in [0.05, 0.1) is 5.69 Å². The van der Waals surface area contributed by atoms with Gasteiger partial charge in [-0.05, 0) is 29.8 Å². The zero-order chi connectivity index (χ0) is 12.4. The van der Waals surface area contributed by atoms with Crippen molar-refractivity contribution in [3.05, 3.63) is 27.8 Å². The number of aromatic amines is 1. The van der Waals surface area contributed by atoms with Crippen molar-refractivity contribution < 1.29 is 0 Å². The molecule has 17 heavy (non-hydrogen) atoms. The second kappa shape index (κ2) is 4.51. The van der Waals surface area contributed by atoms with Crippen LogP contribution in [-0.2, 0) is 0 Å². The number of hydrogen-bond donors (Lipinski definition) is 2. The van der Waals surface area contributed by atoms with E-state index in [1.165, 1.54) is 0 Å². The minimum absolute atomic E-state index is 0.270. The van der Waals surface area contributed by atoms with E-state index in [1.807, 2.05) is 19.1 Å². The number of nitrogens with one attached hydrogen (secondary N) is 2. The number of nitrogens with zero attached hydrogens (tertiary/aromatic N) is 4. The highest BCUT2D eigenvalue weighted by atomic mass is 79.9. The molecule has 0 amide bonds. The second-order valence-corrected chi connectivity index (χ2v) is 4.22. The van der Waals surface area contributed by atoms with Crippen LogP contribution in [0.25, 0.3) is 0 Å². The molecule has 2 aromatic heterocycles. The first kappa shape index (κ1) is 11.5. The summed E-state index contributed by atoms with van der Waals surface area (Å²) in [6.45, 7) is 3.69. The van der Waals surface area contributed by atoms with Crippen LogP contribution < -0.4 is 5.32 Å². The van der Waals surface area contributed by atoms with Crippen LogP contribution >= 0.6 is 15.9 Å². The fourth-order valence-electron chi connectivity index (χ4n) is 1.29. The van der Waals surface area contributed by atoms with E-state index >= 15 is 0 Å². The molecule has 0 atom stereocenters. The van der Waals surface area contributed by atoms with Crippen molar-refractivity contribution >= 4 is 27.6 Å². The lowest BCUT2D eigenvalue weighted by atomic mass is 10.4. The molecule has 6 nitrogen and oxygen atoms in total. The highest BCUT2D eigenvalue weighted by Gasteiger charge is 2.09. The molecule has 0 fully saturated rings. The molecule has 0 spiro atoms. The van der Waals surface area contributed by atoms with Crippen LogP contribution in [0.1, 0.15) is 17.1 Å². The van der Waals surface area contributed by atoms with E-state index in [4.69, 9.17) is 5.26 Å². The molecule has 2 rings (SSSR count). The second-order valence-electron chi connectivity index (χ2n) is 3.47. The summed E-state index contributed by atoms with van der Waals surface area (Å²) in [6, 6.07) is 3.82. The summed E-state index contributed by atoms with van der Waals surface area (Å²) >= 11 is 3.20. The van der Waals surface area contributed by atoms with Crippen LogP contribution in [0.15, 0.2) is 10.7 Å². The fourth-order valence-corrected chi connectivity index (χ4v) is 1.65. The molecule has 7 heteroatoms. The van der Waals surface area contributed by atoms with Crippen molar-refractivity contribution in [1.29, 1.82) is 5.26 Å². The van der Waals surface area contributed by atoms with Crippen LogP contribution in [-0.4, -0.2) is 20.2 Å². The van der Waals surface area contributed by atoms with E-state index in [-0.39, 0.29) is 5.69 Å². The molecule has 2 heterocycles. The molecular weight excluding hydrogens is 284 g/mol. The zero-order valence-corrected chi connectivity index (χ0v) is 10.8. The van der Waals surface area contributed by atoms with E-state index in [1.54, 1.807) is 6.92 Å². The van der Waals surface area contributed by atoms with Crippen LogP contribution in [0.2, 0.25) is 0 Å². The first-order chi connectivity index (χ1) is 8.10. The molecule has 0 aliphatic heterocycles. The zero-order valence-electron chi connectivity index (χ0n) is 9.24. The Morgan fingerprint density at radius 2 is 2.18 bits per heavy atom. The number of hydrogen-bond acceptors (Lipinski definition) is 5. The third-order valence-corrected chi connectivity index (χ3v) is 2.64. The Morgan fingerprint density at radius 3 is 2.76 bits per heavy atom. The number of nitriles is 1. The van der Waals surface area contributed by atoms with Crippen LogP contribution in [0.5, 0.6) is 0 Å². The van der Waals surface area contributed by atoms with Crippen LogP contribution in [0, 0.1) is 25.2 Å². The normalized spacial score (nSPS) is 10.0. The number of aromatic nitrogens is 4. The number of aryl methyl sites for hydroxylation is 2. The lowest BCUT2D eigenvalue weighted by molar-refractivity contribution is 1.03. The molecule has 0 aromatic carbocycles. The molecule has 0 aliphatic carbocycles. The summed E-state index contributed by atoms with van der Waals surface area (Å²) in [6.07, 6.45) is 0. The van der Waals surface area contributed by atoms with Crippen LogP contribution in [0.4, 0.5) is 11.6 Å². The van der Waals surface area contributed by atoms with Crippen molar-refractivity contribution in [3.63, 3.8) is 0 Å². The topological polar surface area (TPSA) is 90.3 Å². The molecule has 0 radical (unpaired) electrons. The van der Waals surface area contributed by atoms with E-state index in [2.05, 4.69) is 41.4 Å². The van der Waals surface area contributed by atoms with E-state index in [9.17, 15) is 0 Å². The van der Waals surface area contributed by atoms with Gasteiger partial charge in [-0.3, -0.25) is 5.10 Å². The maximum atomic E-state index is 8.81. The van der Waals surface area contributed by atoms with Gasteiger partial charge in [0.2, 0.25) is 0 Å².